The van der Waals surface area contributed by atoms with Crippen molar-refractivity contribution in [1.29, 1.82) is 0 Å². The first-order valence-corrected chi connectivity index (χ1v) is 6.02. The van der Waals surface area contributed by atoms with Crippen LogP contribution in [-0.2, 0) is 11.3 Å². The summed E-state index contributed by atoms with van der Waals surface area (Å²) < 4.78 is 0. The first-order chi connectivity index (χ1) is 8.74. The SMILES string of the molecule is O=C1CC(O)CN1Cc1cccc2cccnc12. The summed E-state index contributed by atoms with van der Waals surface area (Å²) in [6, 6.07) is 9.86. The Kier molecular flexibility index (Phi) is 2.72. The summed E-state index contributed by atoms with van der Waals surface area (Å²) in [5, 5.41) is 10.6. The summed E-state index contributed by atoms with van der Waals surface area (Å²) >= 11 is 0. The third-order valence-electron chi connectivity index (χ3n) is 3.27. The van der Waals surface area contributed by atoms with Crippen LogP contribution in [0.25, 0.3) is 10.9 Å². The number of benzene rings is 1. The molecule has 18 heavy (non-hydrogen) atoms. The molecule has 4 nitrogen and oxygen atoms in total. The summed E-state index contributed by atoms with van der Waals surface area (Å²) in [7, 11) is 0. The first kappa shape index (κ1) is 11.2. The van der Waals surface area contributed by atoms with Gasteiger partial charge in [0.2, 0.25) is 5.91 Å². The molecule has 4 heteroatoms. The molecule has 0 aliphatic carbocycles. The number of β-amino-alcohol motifs (C(OH)–C–C–N with tert-alkyl or cyclic N) is 1. The molecule has 1 aliphatic rings. The van der Waals surface area contributed by atoms with E-state index < -0.39 is 6.10 Å². The second-order valence-electron chi connectivity index (χ2n) is 4.62. The van der Waals surface area contributed by atoms with Crippen LogP contribution in [-0.4, -0.2) is 33.5 Å². The van der Waals surface area contributed by atoms with Gasteiger partial charge in [-0.1, -0.05) is 24.3 Å². The Morgan fingerprint density at radius 2 is 2.17 bits per heavy atom. The third-order valence-corrected chi connectivity index (χ3v) is 3.27. The Bertz CT molecular complexity index is 592. The molecule has 2 heterocycles. The zero-order valence-corrected chi connectivity index (χ0v) is 9.91. The zero-order valence-electron chi connectivity index (χ0n) is 9.91. The number of aliphatic hydroxyl groups excluding tert-OH is 1. The molecule has 1 aliphatic heterocycles. The summed E-state index contributed by atoms with van der Waals surface area (Å²) in [6.07, 6.45) is 1.46. The first-order valence-electron chi connectivity index (χ1n) is 6.02. The van der Waals surface area contributed by atoms with E-state index in [-0.39, 0.29) is 12.3 Å². The van der Waals surface area contributed by atoms with Crippen LogP contribution in [0, 0.1) is 0 Å². The lowest BCUT2D eigenvalue weighted by Gasteiger charge is -2.16. The highest BCUT2D eigenvalue weighted by Crippen LogP contribution is 2.20. The van der Waals surface area contributed by atoms with Crippen molar-refractivity contribution in [3.63, 3.8) is 0 Å². The van der Waals surface area contributed by atoms with E-state index in [0.717, 1.165) is 16.5 Å². The van der Waals surface area contributed by atoms with Crippen LogP contribution in [0.5, 0.6) is 0 Å². The normalized spacial score (nSPS) is 19.7. The molecule has 1 saturated heterocycles. The average Bonchev–Trinajstić information content (AvgIpc) is 2.68. The van der Waals surface area contributed by atoms with Crippen molar-refractivity contribution in [3.8, 4) is 0 Å². The second kappa shape index (κ2) is 4.38. The highest BCUT2D eigenvalue weighted by Gasteiger charge is 2.28. The van der Waals surface area contributed by atoms with Crippen molar-refractivity contribution in [3.05, 3.63) is 42.1 Å². The van der Waals surface area contributed by atoms with E-state index in [1.807, 2.05) is 30.3 Å². The zero-order chi connectivity index (χ0) is 12.5. The lowest BCUT2D eigenvalue weighted by atomic mass is 10.1. The maximum absolute atomic E-state index is 11.7. The minimum atomic E-state index is -0.527. The Morgan fingerprint density at radius 1 is 1.33 bits per heavy atom. The van der Waals surface area contributed by atoms with E-state index in [2.05, 4.69) is 4.98 Å². The number of para-hydroxylation sites is 1. The number of likely N-dealkylation sites (tertiary alicyclic amines) is 1. The topological polar surface area (TPSA) is 53.4 Å². The van der Waals surface area contributed by atoms with Crippen molar-refractivity contribution in [2.75, 3.05) is 6.54 Å². The molecule has 0 saturated carbocycles. The van der Waals surface area contributed by atoms with Gasteiger partial charge >= 0.3 is 0 Å². The van der Waals surface area contributed by atoms with Gasteiger partial charge in [0.1, 0.15) is 0 Å². The molecule has 1 amide bonds. The molecule has 0 spiro atoms. The number of hydrogen-bond donors (Lipinski definition) is 1. The minimum Gasteiger partial charge on any atom is -0.391 e. The lowest BCUT2D eigenvalue weighted by Crippen LogP contribution is -2.25. The maximum atomic E-state index is 11.7. The van der Waals surface area contributed by atoms with Gasteiger partial charge in [0.25, 0.3) is 0 Å². The van der Waals surface area contributed by atoms with Crippen molar-refractivity contribution < 1.29 is 9.90 Å². The molecule has 3 rings (SSSR count). The number of amides is 1. The number of aromatic nitrogens is 1. The van der Waals surface area contributed by atoms with Crippen molar-refractivity contribution in [2.24, 2.45) is 0 Å². The van der Waals surface area contributed by atoms with Crippen molar-refractivity contribution in [2.45, 2.75) is 19.1 Å². The minimum absolute atomic E-state index is 0.00966. The fourth-order valence-corrected chi connectivity index (χ4v) is 2.40. The molecule has 1 unspecified atom stereocenters. The predicted molar refractivity (Wildman–Crippen MR) is 67.8 cm³/mol. The van der Waals surface area contributed by atoms with Crippen LogP contribution < -0.4 is 0 Å². The van der Waals surface area contributed by atoms with E-state index in [9.17, 15) is 9.90 Å². The Balaban J connectivity index is 1.93. The van der Waals surface area contributed by atoms with Crippen LogP contribution in [0.3, 0.4) is 0 Å². The standard InChI is InChI=1S/C14H14N2O2/c17-12-7-13(18)16(9-12)8-11-4-1-3-10-5-2-6-15-14(10)11/h1-6,12,17H,7-9H2. The average molecular weight is 242 g/mol. The summed E-state index contributed by atoms with van der Waals surface area (Å²) in [6.45, 7) is 0.937. The van der Waals surface area contributed by atoms with Crippen molar-refractivity contribution >= 4 is 16.8 Å². The molecule has 0 radical (unpaired) electrons. The van der Waals surface area contributed by atoms with E-state index in [1.54, 1.807) is 11.1 Å². The molecule has 1 aromatic heterocycles. The van der Waals surface area contributed by atoms with Crippen LogP contribution in [0.2, 0.25) is 0 Å². The monoisotopic (exact) mass is 242 g/mol. The largest absolute Gasteiger partial charge is 0.391 e. The number of rotatable bonds is 2. The molecule has 1 N–H and O–H groups in total. The molecule has 2 aromatic rings. The second-order valence-corrected chi connectivity index (χ2v) is 4.62. The third kappa shape index (κ3) is 1.95. The van der Waals surface area contributed by atoms with E-state index in [1.165, 1.54) is 0 Å². The summed E-state index contributed by atoms with van der Waals surface area (Å²) in [4.78, 5) is 17.7. The van der Waals surface area contributed by atoms with Gasteiger partial charge in [-0.25, -0.2) is 0 Å². The Hall–Kier alpha value is -1.94. The molecule has 0 bridgehead atoms. The predicted octanol–water partition coefficient (Wildman–Crippen LogP) is 1.33. The fraction of sp³-hybridized carbons (Fsp3) is 0.286. The molecule has 1 atom stereocenters. The van der Waals surface area contributed by atoms with Crippen LogP contribution >= 0.6 is 0 Å². The van der Waals surface area contributed by atoms with Crippen LogP contribution in [0.1, 0.15) is 12.0 Å². The van der Waals surface area contributed by atoms with Crippen LogP contribution in [0.4, 0.5) is 0 Å². The number of carbonyl (C=O) groups is 1. The number of hydrogen-bond acceptors (Lipinski definition) is 3. The van der Waals surface area contributed by atoms with E-state index in [0.29, 0.717) is 13.1 Å². The van der Waals surface area contributed by atoms with E-state index in [4.69, 9.17) is 0 Å². The molecule has 92 valence electrons. The van der Waals surface area contributed by atoms with Gasteiger partial charge in [0.15, 0.2) is 0 Å². The number of carbonyl (C=O) groups excluding carboxylic acids is 1. The highest BCUT2D eigenvalue weighted by atomic mass is 16.3. The quantitative estimate of drug-likeness (QED) is 0.864. The molecular weight excluding hydrogens is 228 g/mol. The number of aliphatic hydroxyl groups is 1. The lowest BCUT2D eigenvalue weighted by molar-refractivity contribution is -0.128. The van der Waals surface area contributed by atoms with Gasteiger partial charge in [-0.3, -0.25) is 9.78 Å². The van der Waals surface area contributed by atoms with Crippen LogP contribution in [0.15, 0.2) is 36.5 Å². The Morgan fingerprint density at radius 3 is 2.94 bits per heavy atom. The smallest absolute Gasteiger partial charge is 0.225 e. The molecular formula is C14H14N2O2. The van der Waals surface area contributed by atoms with Crippen molar-refractivity contribution in [1.82, 2.24) is 9.88 Å². The van der Waals surface area contributed by atoms with Gasteiger partial charge in [-0.05, 0) is 11.6 Å². The Labute approximate surface area is 105 Å². The maximum Gasteiger partial charge on any atom is 0.225 e. The fourth-order valence-electron chi connectivity index (χ4n) is 2.40. The van der Waals surface area contributed by atoms with Gasteiger partial charge in [0.05, 0.1) is 18.0 Å². The van der Waals surface area contributed by atoms with Gasteiger partial charge in [0, 0.05) is 24.7 Å². The number of nitrogens with zero attached hydrogens (tertiary/aromatic N) is 2. The summed E-state index contributed by atoms with van der Waals surface area (Å²) in [5.41, 5.74) is 1.95. The summed E-state index contributed by atoms with van der Waals surface area (Å²) in [5.74, 6) is 0.00966. The number of pyridine rings is 1. The van der Waals surface area contributed by atoms with E-state index >= 15 is 0 Å². The molecule has 1 aromatic carbocycles. The highest BCUT2D eigenvalue weighted by molar-refractivity contribution is 5.83. The van der Waals surface area contributed by atoms with Gasteiger partial charge in [-0.15, -0.1) is 0 Å². The van der Waals surface area contributed by atoms with Gasteiger partial charge in [-0.2, -0.15) is 0 Å². The van der Waals surface area contributed by atoms with Gasteiger partial charge < -0.3 is 10.0 Å². The molecule has 1 fully saturated rings. The number of fused-ring (bicyclic) bond motifs is 1.